The molecule has 3 heteroatoms. The van der Waals surface area contributed by atoms with E-state index in [4.69, 9.17) is 0 Å². The van der Waals surface area contributed by atoms with E-state index >= 15 is 0 Å². The molecule has 2 saturated heterocycles. The van der Waals surface area contributed by atoms with Gasteiger partial charge in [0.25, 0.3) is 0 Å². The lowest BCUT2D eigenvalue weighted by atomic mass is 9.77. The first-order chi connectivity index (χ1) is 4.79. The predicted molar refractivity (Wildman–Crippen MR) is 36.5 cm³/mol. The molecular weight excluding hydrogens is 130 g/mol. The second kappa shape index (κ2) is 2.19. The summed E-state index contributed by atoms with van der Waals surface area (Å²) in [6.07, 6.45) is 1.09. The van der Waals surface area contributed by atoms with Gasteiger partial charge in [-0.1, -0.05) is 0 Å². The van der Waals surface area contributed by atoms with Crippen molar-refractivity contribution >= 4 is 0 Å². The molecule has 0 amide bonds. The molecular formula is C7H13NO2. The average Bonchev–Trinajstić information content (AvgIpc) is 2.00. The van der Waals surface area contributed by atoms with E-state index in [2.05, 4.69) is 5.32 Å². The lowest BCUT2D eigenvalue weighted by molar-refractivity contribution is -0.0875. The Morgan fingerprint density at radius 3 is 2.20 bits per heavy atom. The second-order valence-corrected chi connectivity index (χ2v) is 3.33. The van der Waals surface area contributed by atoms with Gasteiger partial charge >= 0.3 is 0 Å². The Bertz CT molecular complexity index is 112. The van der Waals surface area contributed by atoms with Crippen molar-refractivity contribution in [2.45, 2.75) is 31.1 Å². The Kier molecular flexibility index (Phi) is 1.44. The van der Waals surface area contributed by atoms with Crippen LogP contribution in [-0.2, 0) is 0 Å². The van der Waals surface area contributed by atoms with Crippen LogP contribution in [-0.4, -0.2) is 35.0 Å². The smallest absolute Gasteiger partial charge is 0.0954 e. The van der Waals surface area contributed by atoms with Gasteiger partial charge in [-0.3, -0.25) is 0 Å². The summed E-state index contributed by atoms with van der Waals surface area (Å²) in [7, 11) is 0. The summed E-state index contributed by atoms with van der Waals surface area (Å²) >= 11 is 0. The average molecular weight is 143 g/mol. The van der Waals surface area contributed by atoms with Crippen molar-refractivity contribution in [2.75, 3.05) is 6.54 Å². The van der Waals surface area contributed by atoms with E-state index in [0.717, 1.165) is 19.4 Å². The highest BCUT2D eigenvalue weighted by Crippen LogP contribution is 2.29. The van der Waals surface area contributed by atoms with Gasteiger partial charge in [0.15, 0.2) is 0 Å². The van der Waals surface area contributed by atoms with Gasteiger partial charge in [0.2, 0.25) is 0 Å². The highest BCUT2D eigenvalue weighted by molar-refractivity contribution is 4.97. The summed E-state index contributed by atoms with van der Waals surface area (Å²) in [4.78, 5) is 0. The number of aliphatic hydroxyl groups excluding tert-OH is 2. The minimum atomic E-state index is -0.521. The minimum Gasteiger partial charge on any atom is -0.390 e. The molecule has 1 saturated carbocycles. The molecule has 0 aromatic rings. The van der Waals surface area contributed by atoms with Gasteiger partial charge in [0.1, 0.15) is 0 Å². The van der Waals surface area contributed by atoms with Crippen LogP contribution in [0.25, 0.3) is 0 Å². The van der Waals surface area contributed by atoms with Crippen molar-refractivity contribution in [3.63, 3.8) is 0 Å². The molecule has 3 aliphatic rings. The number of hydrogen-bond donors (Lipinski definition) is 3. The highest BCUT2D eigenvalue weighted by atomic mass is 16.3. The summed E-state index contributed by atoms with van der Waals surface area (Å²) in [6.45, 7) is 0.878. The van der Waals surface area contributed by atoms with Gasteiger partial charge in [-0.05, 0) is 18.8 Å². The van der Waals surface area contributed by atoms with Gasteiger partial charge in [-0.25, -0.2) is 0 Å². The molecule has 58 valence electrons. The van der Waals surface area contributed by atoms with Crippen molar-refractivity contribution in [3.05, 3.63) is 0 Å². The topological polar surface area (TPSA) is 52.5 Å². The molecule has 4 atom stereocenters. The molecule has 3 fully saturated rings. The third-order valence-electron chi connectivity index (χ3n) is 2.74. The minimum absolute atomic E-state index is 0.153. The first kappa shape index (κ1) is 6.58. The summed E-state index contributed by atoms with van der Waals surface area (Å²) in [5.41, 5.74) is 0. The quantitative estimate of drug-likeness (QED) is 0.411. The van der Waals surface area contributed by atoms with Crippen molar-refractivity contribution in [1.82, 2.24) is 5.32 Å². The van der Waals surface area contributed by atoms with E-state index in [1.807, 2.05) is 0 Å². The van der Waals surface area contributed by atoms with E-state index in [1.54, 1.807) is 0 Å². The Labute approximate surface area is 60.1 Å². The zero-order valence-corrected chi connectivity index (χ0v) is 5.83. The number of rotatable bonds is 0. The molecule has 0 aromatic heterocycles. The number of nitrogens with one attached hydrogen (secondary N) is 1. The van der Waals surface area contributed by atoms with Crippen LogP contribution < -0.4 is 5.32 Å². The highest BCUT2D eigenvalue weighted by Gasteiger charge is 2.41. The Balaban J connectivity index is 2.13. The van der Waals surface area contributed by atoms with Crippen LogP contribution in [0.2, 0.25) is 0 Å². The van der Waals surface area contributed by atoms with Crippen molar-refractivity contribution < 1.29 is 10.2 Å². The molecule has 0 aromatic carbocycles. The van der Waals surface area contributed by atoms with Crippen LogP contribution >= 0.6 is 0 Å². The molecule has 1 aliphatic carbocycles. The molecule has 2 heterocycles. The Hall–Kier alpha value is -0.120. The number of hydrogen-bond acceptors (Lipinski definition) is 3. The molecule has 0 spiro atoms. The van der Waals surface area contributed by atoms with Crippen LogP contribution in [0.4, 0.5) is 0 Å². The van der Waals surface area contributed by atoms with Crippen molar-refractivity contribution in [3.8, 4) is 0 Å². The fraction of sp³-hybridized carbons (Fsp3) is 1.00. The summed E-state index contributed by atoms with van der Waals surface area (Å²) in [6, 6.07) is 0.153. The second-order valence-electron chi connectivity index (χ2n) is 3.33. The molecule has 0 radical (unpaired) electrons. The third kappa shape index (κ3) is 0.779. The van der Waals surface area contributed by atoms with Crippen LogP contribution in [0.3, 0.4) is 0 Å². The summed E-state index contributed by atoms with van der Waals surface area (Å²) in [5, 5.41) is 21.9. The maximum atomic E-state index is 9.38. The van der Waals surface area contributed by atoms with E-state index in [0.29, 0.717) is 5.92 Å². The third-order valence-corrected chi connectivity index (χ3v) is 2.74. The molecule has 2 aliphatic heterocycles. The lowest BCUT2D eigenvalue weighted by Crippen LogP contribution is -2.61. The molecule has 10 heavy (non-hydrogen) atoms. The predicted octanol–water partition coefficient (Wildman–Crippen LogP) is -0.910. The molecule has 3 rings (SSSR count). The molecule has 2 bridgehead atoms. The SMILES string of the molecule is O[C@@H]1[C@H]2CC[C@@H](NC2)[C@H]1O. The van der Waals surface area contributed by atoms with Crippen LogP contribution in [0.1, 0.15) is 12.8 Å². The van der Waals surface area contributed by atoms with Gasteiger partial charge in [-0.2, -0.15) is 0 Å². The van der Waals surface area contributed by atoms with Gasteiger partial charge in [0, 0.05) is 12.6 Å². The number of piperidine rings is 2. The van der Waals surface area contributed by atoms with Crippen LogP contribution in [0.15, 0.2) is 0 Å². The zero-order chi connectivity index (χ0) is 7.14. The lowest BCUT2D eigenvalue weighted by Gasteiger charge is -2.44. The number of aliphatic hydroxyl groups is 2. The normalized spacial score (nSPS) is 53.4. The van der Waals surface area contributed by atoms with E-state index in [1.165, 1.54) is 0 Å². The molecule has 3 N–H and O–H groups in total. The van der Waals surface area contributed by atoms with Gasteiger partial charge in [0.05, 0.1) is 12.2 Å². The van der Waals surface area contributed by atoms with Crippen molar-refractivity contribution in [2.24, 2.45) is 5.92 Å². The largest absolute Gasteiger partial charge is 0.390 e. The van der Waals surface area contributed by atoms with Crippen LogP contribution in [0, 0.1) is 5.92 Å². The summed E-state index contributed by atoms with van der Waals surface area (Å²) in [5.74, 6) is 0.292. The summed E-state index contributed by atoms with van der Waals surface area (Å²) < 4.78 is 0. The fourth-order valence-corrected chi connectivity index (χ4v) is 2.00. The first-order valence-electron chi connectivity index (χ1n) is 3.88. The van der Waals surface area contributed by atoms with Crippen LogP contribution in [0.5, 0.6) is 0 Å². The first-order valence-corrected chi connectivity index (χ1v) is 3.88. The Morgan fingerprint density at radius 2 is 1.90 bits per heavy atom. The van der Waals surface area contributed by atoms with E-state index in [-0.39, 0.29) is 6.04 Å². The molecule has 0 unspecified atom stereocenters. The molecule has 3 nitrogen and oxygen atoms in total. The fourth-order valence-electron chi connectivity index (χ4n) is 2.00. The van der Waals surface area contributed by atoms with E-state index in [9.17, 15) is 10.2 Å². The van der Waals surface area contributed by atoms with Crippen molar-refractivity contribution in [1.29, 1.82) is 0 Å². The maximum absolute atomic E-state index is 9.38. The monoisotopic (exact) mass is 143 g/mol. The Morgan fingerprint density at radius 1 is 1.10 bits per heavy atom. The van der Waals surface area contributed by atoms with Gasteiger partial charge < -0.3 is 15.5 Å². The standard InChI is InChI=1S/C7H13NO2/c9-6-4-1-2-5(7(6)10)8-3-4/h4-10H,1-3H2/t4-,5+,6+,7+/m0/s1. The zero-order valence-electron chi connectivity index (χ0n) is 5.83. The number of fused-ring (bicyclic) bond motifs is 3. The maximum Gasteiger partial charge on any atom is 0.0954 e. The van der Waals surface area contributed by atoms with E-state index < -0.39 is 12.2 Å². The van der Waals surface area contributed by atoms with Gasteiger partial charge in [-0.15, -0.1) is 0 Å².